The van der Waals surface area contributed by atoms with Gasteiger partial charge in [-0.25, -0.2) is 9.37 Å². The lowest BCUT2D eigenvalue weighted by atomic mass is 9.94. The number of nitrogens with zero attached hydrogens (tertiary/aromatic N) is 2. The summed E-state index contributed by atoms with van der Waals surface area (Å²) in [6, 6.07) is 15.0. The number of methoxy groups -OCH3 is 1. The first-order valence-corrected chi connectivity index (χ1v) is 9.76. The monoisotopic (exact) mass is 396 g/mol. The number of benzene rings is 2. The summed E-state index contributed by atoms with van der Waals surface area (Å²) >= 11 is 0. The average Bonchev–Trinajstić information content (AvgIpc) is 3.18. The Morgan fingerprint density at radius 2 is 2.07 bits per heavy atom. The Morgan fingerprint density at radius 3 is 2.76 bits per heavy atom. The van der Waals surface area contributed by atoms with E-state index in [1.165, 1.54) is 6.07 Å². The highest BCUT2D eigenvalue weighted by atomic mass is 19.1. The summed E-state index contributed by atoms with van der Waals surface area (Å²) in [7, 11) is 1.68. The maximum absolute atomic E-state index is 15.1. The molecule has 2 unspecified atom stereocenters. The van der Waals surface area contributed by atoms with Crippen LogP contribution in [0.2, 0.25) is 0 Å². The van der Waals surface area contributed by atoms with Crippen molar-refractivity contribution in [2.75, 3.05) is 13.7 Å². The minimum atomic E-state index is -1.06. The third kappa shape index (κ3) is 4.10. The Bertz CT molecular complexity index is 960. The van der Waals surface area contributed by atoms with Gasteiger partial charge in [-0.15, -0.1) is 0 Å². The van der Waals surface area contributed by atoms with Gasteiger partial charge in [0.1, 0.15) is 11.6 Å². The Labute approximate surface area is 170 Å². The molecule has 1 saturated heterocycles. The van der Waals surface area contributed by atoms with Crippen molar-refractivity contribution >= 4 is 0 Å². The number of hydrogen-bond acceptors (Lipinski definition) is 4. The van der Waals surface area contributed by atoms with Crippen molar-refractivity contribution in [3.05, 3.63) is 83.7 Å². The molecule has 1 aromatic heterocycles. The van der Waals surface area contributed by atoms with E-state index in [9.17, 15) is 0 Å². The lowest BCUT2D eigenvalue weighted by Gasteiger charge is -2.40. The quantitative estimate of drug-likeness (QED) is 0.615. The summed E-state index contributed by atoms with van der Waals surface area (Å²) in [5, 5.41) is 0. The molecule has 2 atom stereocenters. The second-order valence-corrected chi connectivity index (χ2v) is 7.24. The third-order valence-corrected chi connectivity index (χ3v) is 5.39. The van der Waals surface area contributed by atoms with Gasteiger partial charge in [-0.2, -0.15) is 0 Å². The van der Waals surface area contributed by atoms with E-state index in [1.54, 1.807) is 30.1 Å². The molecule has 1 aliphatic heterocycles. The van der Waals surface area contributed by atoms with E-state index in [0.717, 1.165) is 17.8 Å². The maximum Gasteiger partial charge on any atom is 0.197 e. The molecule has 5 nitrogen and oxygen atoms in total. The van der Waals surface area contributed by atoms with Crippen LogP contribution in [-0.4, -0.2) is 29.4 Å². The van der Waals surface area contributed by atoms with Crippen LogP contribution in [0.4, 0.5) is 4.39 Å². The highest BCUT2D eigenvalue weighted by molar-refractivity contribution is 5.39. The normalized spacial score (nSPS) is 22.0. The predicted octanol–water partition coefficient (Wildman–Crippen LogP) is 4.51. The van der Waals surface area contributed by atoms with Crippen LogP contribution in [0, 0.1) is 12.7 Å². The van der Waals surface area contributed by atoms with E-state index in [0.29, 0.717) is 30.9 Å². The average molecular weight is 396 g/mol. The van der Waals surface area contributed by atoms with E-state index in [2.05, 4.69) is 4.98 Å². The van der Waals surface area contributed by atoms with Crippen molar-refractivity contribution < 1.29 is 18.6 Å². The lowest BCUT2D eigenvalue weighted by molar-refractivity contribution is -0.288. The number of hydrogen-bond donors (Lipinski definition) is 0. The first kappa shape index (κ1) is 19.8. The molecule has 1 fully saturated rings. The lowest BCUT2D eigenvalue weighted by Crippen LogP contribution is -2.42. The molecule has 2 heterocycles. The van der Waals surface area contributed by atoms with Gasteiger partial charge in [-0.1, -0.05) is 36.4 Å². The van der Waals surface area contributed by atoms with Crippen molar-refractivity contribution in [3.8, 4) is 5.69 Å². The summed E-state index contributed by atoms with van der Waals surface area (Å²) < 4.78 is 34.8. The molecule has 6 heteroatoms. The number of rotatable bonds is 6. The second-order valence-electron chi connectivity index (χ2n) is 7.24. The summed E-state index contributed by atoms with van der Waals surface area (Å²) in [5.74, 6) is -0.688. The van der Waals surface area contributed by atoms with Crippen molar-refractivity contribution in [1.29, 1.82) is 0 Å². The number of ether oxygens (including phenoxy) is 3. The van der Waals surface area contributed by atoms with Crippen LogP contribution < -0.4 is 0 Å². The van der Waals surface area contributed by atoms with Crippen LogP contribution in [0.5, 0.6) is 0 Å². The Hall–Kier alpha value is -2.54. The highest BCUT2D eigenvalue weighted by Gasteiger charge is 2.41. The highest BCUT2D eigenvalue weighted by Crippen LogP contribution is 2.39. The van der Waals surface area contributed by atoms with Gasteiger partial charge in [-0.3, -0.25) is 0 Å². The van der Waals surface area contributed by atoms with Crippen molar-refractivity contribution in [2.45, 2.75) is 38.3 Å². The second kappa shape index (κ2) is 8.45. The van der Waals surface area contributed by atoms with E-state index in [4.69, 9.17) is 14.2 Å². The van der Waals surface area contributed by atoms with E-state index >= 15 is 4.39 Å². The SMILES string of the molecule is COC1CCOC(OCc2ccccc2)(c2ccc(-n3ccnc3C)c(F)c2)C1. The van der Waals surface area contributed by atoms with E-state index in [-0.39, 0.29) is 11.9 Å². The van der Waals surface area contributed by atoms with Gasteiger partial charge in [0.05, 0.1) is 25.0 Å². The molecule has 0 bridgehead atoms. The van der Waals surface area contributed by atoms with E-state index < -0.39 is 5.79 Å². The van der Waals surface area contributed by atoms with Crippen LogP contribution in [0.25, 0.3) is 5.69 Å². The molecule has 0 N–H and O–H groups in total. The number of aryl methyl sites for hydroxylation is 1. The number of halogens is 1. The summed E-state index contributed by atoms with van der Waals surface area (Å²) in [4.78, 5) is 4.17. The van der Waals surface area contributed by atoms with Gasteiger partial charge in [0.25, 0.3) is 0 Å². The fourth-order valence-electron chi connectivity index (χ4n) is 3.75. The number of aromatic nitrogens is 2. The van der Waals surface area contributed by atoms with Crippen LogP contribution in [0.1, 0.15) is 29.8 Å². The molecule has 0 spiro atoms. The molecule has 1 aliphatic rings. The van der Waals surface area contributed by atoms with Gasteiger partial charge in [0.2, 0.25) is 0 Å². The fourth-order valence-corrected chi connectivity index (χ4v) is 3.75. The first-order chi connectivity index (χ1) is 14.1. The minimum absolute atomic E-state index is 0.0156. The van der Waals surface area contributed by atoms with Crippen LogP contribution >= 0.6 is 0 Å². The van der Waals surface area contributed by atoms with Gasteiger partial charge in [0.15, 0.2) is 5.79 Å². The van der Waals surface area contributed by atoms with Crippen LogP contribution in [0.15, 0.2) is 60.9 Å². The van der Waals surface area contributed by atoms with Crippen LogP contribution in [-0.2, 0) is 26.6 Å². The summed E-state index contributed by atoms with van der Waals surface area (Å²) in [6.07, 6.45) is 4.66. The maximum atomic E-state index is 15.1. The van der Waals surface area contributed by atoms with Crippen molar-refractivity contribution in [3.63, 3.8) is 0 Å². The Kier molecular flexibility index (Phi) is 5.76. The molecule has 152 valence electrons. The molecular weight excluding hydrogens is 371 g/mol. The molecule has 4 rings (SSSR count). The first-order valence-electron chi connectivity index (χ1n) is 9.76. The summed E-state index contributed by atoms with van der Waals surface area (Å²) in [5.41, 5.74) is 2.12. The van der Waals surface area contributed by atoms with Gasteiger partial charge in [-0.05, 0) is 31.0 Å². The Morgan fingerprint density at radius 1 is 1.24 bits per heavy atom. The third-order valence-electron chi connectivity index (χ3n) is 5.39. The topological polar surface area (TPSA) is 45.5 Å². The molecule has 0 saturated carbocycles. The molecule has 3 aromatic rings. The number of imidazole rings is 1. The zero-order valence-corrected chi connectivity index (χ0v) is 16.7. The van der Waals surface area contributed by atoms with Gasteiger partial charge >= 0.3 is 0 Å². The van der Waals surface area contributed by atoms with Crippen LogP contribution in [0.3, 0.4) is 0 Å². The molecular formula is C23H25FN2O3. The van der Waals surface area contributed by atoms with Gasteiger partial charge in [0, 0.05) is 31.5 Å². The molecule has 29 heavy (non-hydrogen) atoms. The summed E-state index contributed by atoms with van der Waals surface area (Å²) in [6.45, 7) is 2.68. The molecule has 0 amide bonds. The van der Waals surface area contributed by atoms with Crippen molar-refractivity contribution in [1.82, 2.24) is 9.55 Å². The van der Waals surface area contributed by atoms with Gasteiger partial charge < -0.3 is 18.8 Å². The standard InChI is InChI=1S/C23H25FN2O3/c1-17-25-11-12-26(17)22-9-8-19(14-21(22)24)23(15-20(27-2)10-13-28-23)29-16-18-6-4-3-5-7-18/h3-9,11-12,14,20H,10,13,15-16H2,1-2H3. The van der Waals surface area contributed by atoms with E-state index in [1.807, 2.05) is 43.3 Å². The predicted molar refractivity (Wildman–Crippen MR) is 107 cm³/mol. The molecule has 0 radical (unpaired) electrons. The smallest absolute Gasteiger partial charge is 0.197 e. The fraction of sp³-hybridized carbons (Fsp3) is 0.348. The molecule has 2 aromatic carbocycles. The zero-order chi connectivity index (χ0) is 20.3. The Balaban J connectivity index is 1.67. The zero-order valence-electron chi connectivity index (χ0n) is 16.7. The minimum Gasteiger partial charge on any atom is -0.381 e. The largest absolute Gasteiger partial charge is 0.381 e. The molecule has 0 aliphatic carbocycles. The van der Waals surface area contributed by atoms with Crippen molar-refractivity contribution in [2.24, 2.45) is 0 Å².